The SMILES string of the molecule is CCC1CCCCC1C(NN)C1CCc2ccccc2C1. The van der Waals surface area contributed by atoms with Crippen LogP contribution in [-0.2, 0) is 12.8 Å². The van der Waals surface area contributed by atoms with Crippen molar-refractivity contribution in [1.29, 1.82) is 0 Å². The Labute approximate surface area is 129 Å². The lowest BCUT2D eigenvalue weighted by molar-refractivity contribution is 0.130. The van der Waals surface area contributed by atoms with E-state index in [1.54, 1.807) is 11.1 Å². The molecule has 1 aromatic carbocycles. The van der Waals surface area contributed by atoms with Gasteiger partial charge in [-0.2, -0.15) is 0 Å². The zero-order valence-corrected chi connectivity index (χ0v) is 13.4. The van der Waals surface area contributed by atoms with Crippen molar-refractivity contribution in [3.63, 3.8) is 0 Å². The molecule has 2 heteroatoms. The number of hydrazine groups is 1. The van der Waals surface area contributed by atoms with Crippen LogP contribution in [0.2, 0.25) is 0 Å². The zero-order chi connectivity index (χ0) is 14.7. The highest BCUT2D eigenvalue weighted by Crippen LogP contribution is 2.39. The fourth-order valence-corrected chi connectivity index (χ4v) is 4.86. The summed E-state index contributed by atoms with van der Waals surface area (Å²) in [5.41, 5.74) is 6.35. The van der Waals surface area contributed by atoms with Crippen LogP contribution >= 0.6 is 0 Å². The van der Waals surface area contributed by atoms with Crippen molar-refractivity contribution in [3.05, 3.63) is 35.4 Å². The molecular formula is C19H30N2. The summed E-state index contributed by atoms with van der Waals surface area (Å²) in [5.74, 6) is 8.39. The summed E-state index contributed by atoms with van der Waals surface area (Å²) in [7, 11) is 0. The fraction of sp³-hybridized carbons (Fsp3) is 0.684. The van der Waals surface area contributed by atoms with Crippen molar-refractivity contribution in [1.82, 2.24) is 5.43 Å². The smallest absolute Gasteiger partial charge is 0.0272 e. The van der Waals surface area contributed by atoms with Gasteiger partial charge in [0.2, 0.25) is 0 Å². The van der Waals surface area contributed by atoms with Gasteiger partial charge in [0, 0.05) is 6.04 Å². The van der Waals surface area contributed by atoms with E-state index in [0.29, 0.717) is 12.0 Å². The van der Waals surface area contributed by atoms with Gasteiger partial charge in [-0.1, -0.05) is 56.9 Å². The average molecular weight is 286 g/mol. The molecule has 21 heavy (non-hydrogen) atoms. The molecule has 0 aliphatic heterocycles. The first-order chi connectivity index (χ1) is 10.3. The first kappa shape index (κ1) is 15.1. The van der Waals surface area contributed by atoms with E-state index >= 15 is 0 Å². The molecule has 0 bridgehead atoms. The number of nitrogens with one attached hydrogen (secondary N) is 1. The maximum Gasteiger partial charge on any atom is 0.0272 e. The highest BCUT2D eigenvalue weighted by Gasteiger charge is 2.36. The van der Waals surface area contributed by atoms with Crippen LogP contribution in [0, 0.1) is 17.8 Å². The summed E-state index contributed by atoms with van der Waals surface area (Å²) in [6, 6.07) is 9.47. The monoisotopic (exact) mass is 286 g/mol. The molecule has 1 aromatic rings. The van der Waals surface area contributed by atoms with Gasteiger partial charge in [-0.3, -0.25) is 11.3 Å². The van der Waals surface area contributed by atoms with E-state index < -0.39 is 0 Å². The highest BCUT2D eigenvalue weighted by molar-refractivity contribution is 5.30. The van der Waals surface area contributed by atoms with Crippen LogP contribution in [0.25, 0.3) is 0 Å². The Balaban J connectivity index is 1.75. The molecule has 0 saturated heterocycles. The Bertz CT molecular complexity index is 457. The average Bonchev–Trinajstić information content (AvgIpc) is 2.56. The van der Waals surface area contributed by atoms with Gasteiger partial charge in [0.25, 0.3) is 0 Å². The van der Waals surface area contributed by atoms with Crippen molar-refractivity contribution in [2.24, 2.45) is 23.6 Å². The van der Waals surface area contributed by atoms with Crippen molar-refractivity contribution >= 4 is 0 Å². The van der Waals surface area contributed by atoms with E-state index in [1.165, 1.54) is 51.4 Å². The molecule has 0 spiro atoms. The number of aryl methyl sites for hydroxylation is 1. The summed E-state index contributed by atoms with van der Waals surface area (Å²) in [5, 5.41) is 0. The molecule has 3 N–H and O–H groups in total. The Morgan fingerprint density at radius 1 is 1.14 bits per heavy atom. The molecule has 0 amide bonds. The first-order valence-electron chi connectivity index (χ1n) is 8.86. The normalized spacial score (nSPS) is 30.7. The summed E-state index contributed by atoms with van der Waals surface area (Å²) < 4.78 is 0. The van der Waals surface area contributed by atoms with Gasteiger partial charge in [0.05, 0.1) is 0 Å². The van der Waals surface area contributed by atoms with Gasteiger partial charge < -0.3 is 0 Å². The third-order valence-corrected chi connectivity index (χ3v) is 6.04. The minimum atomic E-state index is 0.503. The second kappa shape index (κ2) is 6.93. The topological polar surface area (TPSA) is 38.0 Å². The van der Waals surface area contributed by atoms with Gasteiger partial charge in [0.1, 0.15) is 0 Å². The van der Waals surface area contributed by atoms with Crippen LogP contribution in [0.3, 0.4) is 0 Å². The first-order valence-corrected chi connectivity index (χ1v) is 8.86. The van der Waals surface area contributed by atoms with Crippen LogP contribution in [-0.4, -0.2) is 6.04 Å². The van der Waals surface area contributed by atoms with Crippen molar-refractivity contribution in [3.8, 4) is 0 Å². The molecule has 3 rings (SSSR count). The quantitative estimate of drug-likeness (QED) is 0.652. The number of hydrogen-bond acceptors (Lipinski definition) is 2. The summed E-state index contributed by atoms with van der Waals surface area (Å²) in [6.45, 7) is 2.35. The van der Waals surface area contributed by atoms with Crippen LogP contribution in [0.4, 0.5) is 0 Å². The maximum absolute atomic E-state index is 6.02. The Hall–Kier alpha value is -0.860. The standard InChI is InChI=1S/C19H30N2/c1-2-14-7-5-6-10-18(14)19(21-20)17-12-11-15-8-3-4-9-16(15)13-17/h3-4,8-9,14,17-19,21H,2,5-7,10-13,20H2,1H3. The van der Waals surface area contributed by atoms with Crippen LogP contribution in [0.15, 0.2) is 24.3 Å². The van der Waals surface area contributed by atoms with Crippen LogP contribution < -0.4 is 11.3 Å². The third kappa shape index (κ3) is 3.17. The number of hydrogen-bond donors (Lipinski definition) is 2. The lowest BCUT2D eigenvalue weighted by atomic mass is 9.68. The minimum absolute atomic E-state index is 0.503. The predicted molar refractivity (Wildman–Crippen MR) is 88.8 cm³/mol. The Morgan fingerprint density at radius 2 is 1.90 bits per heavy atom. The molecule has 2 aliphatic carbocycles. The van der Waals surface area contributed by atoms with E-state index in [1.807, 2.05) is 0 Å². The molecule has 4 atom stereocenters. The number of nitrogens with two attached hydrogens (primary N) is 1. The van der Waals surface area contributed by atoms with Gasteiger partial charge in [-0.05, 0) is 54.6 Å². The minimum Gasteiger partial charge on any atom is -0.271 e. The molecule has 0 radical (unpaired) electrons. The number of fused-ring (bicyclic) bond motifs is 1. The van der Waals surface area contributed by atoms with Gasteiger partial charge >= 0.3 is 0 Å². The third-order valence-electron chi connectivity index (χ3n) is 6.04. The van der Waals surface area contributed by atoms with Gasteiger partial charge in [-0.15, -0.1) is 0 Å². The molecule has 1 fully saturated rings. The van der Waals surface area contributed by atoms with Crippen LogP contribution in [0.5, 0.6) is 0 Å². The molecule has 4 unspecified atom stereocenters. The van der Waals surface area contributed by atoms with Gasteiger partial charge in [-0.25, -0.2) is 0 Å². The van der Waals surface area contributed by atoms with E-state index in [2.05, 4.69) is 36.6 Å². The predicted octanol–water partition coefficient (Wildman–Crippen LogP) is 3.84. The van der Waals surface area contributed by atoms with Crippen molar-refractivity contribution < 1.29 is 0 Å². The zero-order valence-electron chi connectivity index (χ0n) is 13.4. The molecule has 0 heterocycles. The molecule has 2 aliphatic rings. The lowest BCUT2D eigenvalue weighted by Crippen LogP contribution is -2.50. The largest absolute Gasteiger partial charge is 0.271 e. The molecule has 116 valence electrons. The summed E-state index contributed by atoms with van der Waals surface area (Å²) >= 11 is 0. The summed E-state index contributed by atoms with van der Waals surface area (Å²) in [6.07, 6.45) is 10.6. The number of rotatable bonds is 4. The molecular weight excluding hydrogens is 256 g/mol. The fourth-order valence-electron chi connectivity index (χ4n) is 4.86. The van der Waals surface area contributed by atoms with Gasteiger partial charge in [0.15, 0.2) is 0 Å². The molecule has 1 saturated carbocycles. The second-order valence-electron chi connectivity index (χ2n) is 7.08. The Morgan fingerprint density at radius 3 is 2.67 bits per heavy atom. The number of benzene rings is 1. The lowest BCUT2D eigenvalue weighted by Gasteiger charge is -2.41. The van der Waals surface area contributed by atoms with E-state index in [0.717, 1.165) is 11.8 Å². The van der Waals surface area contributed by atoms with E-state index in [-0.39, 0.29) is 0 Å². The van der Waals surface area contributed by atoms with E-state index in [9.17, 15) is 0 Å². The van der Waals surface area contributed by atoms with E-state index in [4.69, 9.17) is 5.84 Å². The molecule has 0 aromatic heterocycles. The summed E-state index contributed by atoms with van der Waals surface area (Å²) in [4.78, 5) is 0. The second-order valence-corrected chi connectivity index (χ2v) is 7.08. The Kier molecular flexibility index (Phi) is 4.97. The highest BCUT2D eigenvalue weighted by atomic mass is 15.2. The van der Waals surface area contributed by atoms with Crippen LogP contribution in [0.1, 0.15) is 56.6 Å². The molecule has 2 nitrogen and oxygen atoms in total. The van der Waals surface area contributed by atoms with Crippen molar-refractivity contribution in [2.75, 3.05) is 0 Å². The maximum atomic E-state index is 6.02. The van der Waals surface area contributed by atoms with Crippen molar-refractivity contribution in [2.45, 2.75) is 64.3 Å².